The molecular formula is C22H24FN5O3S. The van der Waals surface area contributed by atoms with E-state index < -0.39 is 22.7 Å². The monoisotopic (exact) mass is 457 g/mol. The van der Waals surface area contributed by atoms with Gasteiger partial charge in [-0.2, -0.15) is 0 Å². The first kappa shape index (κ1) is 21.9. The van der Waals surface area contributed by atoms with Crippen molar-refractivity contribution in [3.05, 3.63) is 62.8 Å². The largest absolute Gasteiger partial charge is 0.502 e. The molecule has 1 N–H and O–H groups in total. The van der Waals surface area contributed by atoms with Crippen LogP contribution < -0.4 is 10.4 Å². The maximum Gasteiger partial charge on any atom is 0.278 e. The lowest BCUT2D eigenvalue weighted by molar-refractivity contribution is 0.0348. The Morgan fingerprint density at radius 2 is 1.84 bits per heavy atom. The van der Waals surface area contributed by atoms with E-state index in [0.717, 1.165) is 5.56 Å². The first-order valence-corrected chi connectivity index (χ1v) is 11.1. The van der Waals surface area contributed by atoms with Crippen LogP contribution in [-0.4, -0.2) is 50.0 Å². The third-order valence-corrected chi connectivity index (χ3v) is 7.12. The molecule has 8 nitrogen and oxygen atoms in total. The van der Waals surface area contributed by atoms with Crippen LogP contribution in [0.25, 0.3) is 10.6 Å². The van der Waals surface area contributed by atoms with Crippen molar-refractivity contribution in [2.24, 2.45) is 0 Å². The molecule has 0 spiro atoms. The number of rotatable bonds is 5. The Morgan fingerprint density at radius 1 is 1.16 bits per heavy atom. The molecular weight excluding hydrogens is 433 g/mol. The van der Waals surface area contributed by atoms with Crippen molar-refractivity contribution in [2.75, 3.05) is 18.6 Å². The van der Waals surface area contributed by atoms with Crippen LogP contribution in [0.1, 0.15) is 48.3 Å². The van der Waals surface area contributed by atoms with E-state index in [4.69, 9.17) is 0 Å². The second kappa shape index (κ2) is 8.01. The number of fused-ring (bicyclic) bond motifs is 1. The number of hydrogen-bond acceptors (Lipinski definition) is 7. The Kier molecular flexibility index (Phi) is 5.49. The third-order valence-electron chi connectivity index (χ3n) is 6.17. The number of aromatic nitrogens is 3. The Hall–Kier alpha value is -3.27. The van der Waals surface area contributed by atoms with Crippen molar-refractivity contribution in [1.29, 1.82) is 0 Å². The first-order valence-electron chi connectivity index (χ1n) is 10.3. The molecule has 1 unspecified atom stereocenters. The molecule has 3 aromatic rings. The summed E-state index contributed by atoms with van der Waals surface area (Å²) in [5.74, 6) is -1.32. The molecule has 168 valence electrons. The lowest BCUT2D eigenvalue weighted by Crippen LogP contribution is -2.67. The van der Waals surface area contributed by atoms with Crippen LogP contribution in [0.4, 0.5) is 4.39 Å². The zero-order valence-corrected chi connectivity index (χ0v) is 19.1. The van der Waals surface area contributed by atoms with Crippen molar-refractivity contribution in [3.8, 4) is 16.3 Å². The Bertz CT molecular complexity index is 1240. The van der Waals surface area contributed by atoms with Crippen molar-refractivity contribution >= 4 is 17.2 Å². The quantitative estimate of drug-likeness (QED) is 0.633. The first-order chi connectivity index (χ1) is 15.2. The zero-order chi connectivity index (χ0) is 23.2. The molecule has 0 saturated carbocycles. The molecule has 0 saturated heterocycles. The molecule has 1 amide bonds. The summed E-state index contributed by atoms with van der Waals surface area (Å²) in [4.78, 5) is 27.8. The van der Waals surface area contributed by atoms with Gasteiger partial charge in [0.15, 0.2) is 16.5 Å². The standard InChI is InChI=1S/C22H24FN5O3S/c1-5-22(3)26(4)28-12-15(18(29)19(30)17(28)21(31)27(22)6-2)20-25-24-16(32-20)11-13-7-9-14(23)10-8-13/h7-10,12,30H,5-6,11H2,1-4H3. The van der Waals surface area contributed by atoms with Gasteiger partial charge in [-0.05, 0) is 38.0 Å². The summed E-state index contributed by atoms with van der Waals surface area (Å²) < 4.78 is 14.7. The van der Waals surface area contributed by atoms with Gasteiger partial charge in [0, 0.05) is 26.2 Å². The van der Waals surface area contributed by atoms with Crippen molar-refractivity contribution in [3.63, 3.8) is 0 Å². The van der Waals surface area contributed by atoms with Crippen LogP contribution in [-0.2, 0) is 6.42 Å². The van der Waals surface area contributed by atoms with E-state index in [2.05, 4.69) is 10.2 Å². The third kappa shape index (κ3) is 3.35. The van der Waals surface area contributed by atoms with Gasteiger partial charge in [0.2, 0.25) is 5.43 Å². The molecule has 10 heteroatoms. The van der Waals surface area contributed by atoms with Gasteiger partial charge in [-0.15, -0.1) is 10.2 Å². The Labute approximate surface area is 188 Å². The van der Waals surface area contributed by atoms with Gasteiger partial charge in [-0.3, -0.25) is 19.3 Å². The van der Waals surface area contributed by atoms with Crippen molar-refractivity contribution in [2.45, 2.75) is 39.3 Å². The van der Waals surface area contributed by atoms with E-state index in [1.54, 1.807) is 23.2 Å². The molecule has 0 fully saturated rings. The predicted octanol–water partition coefficient (Wildman–Crippen LogP) is 2.97. The molecule has 0 radical (unpaired) electrons. The number of nitrogens with zero attached hydrogens (tertiary/aromatic N) is 5. The number of pyridine rings is 1. The van der Waals surface area contributed by atoms with Gasteiger partial charge in [0.05, 0.1) is 5.56 Å². The molecule has 1 aliphatic rings. The second-order valence-corrected chi connectivity index (χ2v) is 8.92. The minimum absolute atomic E-state index is 0.0647. The van der Waals surface area contributed by atoms with Gasteiger partial charge in [-0.25, -0.2) is 4.39 Å². The molecule has 3 heterocycles. The summed E-state index contributed by atoms with van der Waals surface area (Å²) in [6.07, 6.45) is 2.62. The van der Waals surface area contributed by atoms with Crippen LogP contribution >= 0.6 is 11.3 Å². The van der Waals surface area contributed by atoms with Gasteiger partial charge in [-0.1, -0.05) is 30.4 Å². The fraction of sp³-hybridized carbons (Fsp3) is 0.364. The Morgan fingerprint density at radius 3 is 2.47 bits per heavy atom. The van der Waals surface area contributed by atoms with E-state index in [1.165, 1.54) is 28.1 Å². The van der Waals surface area contributed by atoms with Gasteiger partial charge in [0.1, 0.15) is 16.5 Å². The molecule has 0 bridgehead atoms. The number of benzene rings is 1. The lowest BCUT2D eigenvalue weighted by Gasteiger charge is -2.52. The smallest absolute Gasteiger partial charge is 0.278 e. The van der Waals surface area contributed by atoms with E-state index in [1.807, 2.05) is 32.8 Å². The van der Waals surface area contributed by atoms with Crippen molar-refractivity contribution in [1.82, 2.24) is 19.8 Å². The van der Waals surface area contributed by atoms with Crippen LogP contribution in [0.15, 0.2) is 35.3 Å². The minimum atomic E-state index is -0.668. The summed E-state index contributed by atoms with van der Waals surface area (Å²) in [7, 11) is 1.82. The van der Waals surface area contributed by atoms with E-state index in [9.17, 15) is 19.1 Å². The number of aromatic hydroxyl groups is 1. The maximum atomic E-state index is 13.1. The normalized spacial score (nSPS) is 18.2. The SMILES string of the molecule is CCN1C(=O)c2c(O)c(=O)c(-c3nnc(Cc4ccc(F)cc4)s3)cn2N(C)C1(C)CC. The average Bonchev–Trinajstić information content (AvgIpc) is 3.24. The van der Waals surface area contributed by atoms with Crippen LogP contribution in [0.3, 0.4) is 0 Å². The highest BCUT2D eigenvalue weighted by Crippen LogP contribution is 2.34. The summed E-state index contributed by atoms with van der Waals surface area (Å²) >= 11 is 1.22. The fourth-order valence-electron chi connectivity index (χ4n) is 4.05. The number of amides is 1. The number of hydrogen-bond donors (Lipinski definition) is 1. The van der Waals surface area contributed by atoms with E-state index >= 15 is 0 Å². The summed E-state index contributed by atoms with van der Waals surface area (Å²) in [5, 5.41) is 21.8. The summed E-state index contributed by atoms with van der Waals surface area (Å²) in [6.45, 7) is 6.22. The molecule has 4 rings (SSSR count). The lowest BCUT2D eigenvalue weighted by atomic mass is 10.0. The molecule has 0 aliphatic carbocycles. The molecule has 1 atom stereocenters. The van der Waals surface area contributed by atoms with E-state index in [-0.39, 0.29) is 17.1 Å². The number of halogens is 1. The van der Waals surface area contributed by atoms with Crippen LogP contribution in [0.5, 0.6) is 5.75 Å². The minimum Gasteiger partial charge on any atom is -0.502 e. The molecule has 1 aromatic carbocycles. The average molecular weight is 458 g/mol. The van der Waals surface area contributed by atoms with Gasteiger partial charge >= 0.3 is 0 Å². The van der Waals surface area contributed by atoms with Gasteiger partial charge in [0.25, 0.3) is 5.91 Å². The highest BCUT2D eigenvalue weighted by atomic mass is 32.1. The second-order valence-electron chi connectivity index (χ2n) is 7.86. The maximum absolute atomic E-state index is 13.1. The molecule has 2 aromatic heterocycles. The van der Waals surface area contributed by atoms with E-state index in [0.29, 0.717) is 29.4 Å². The zero-order valence-electron chi connectivity index (χ0n) is 18.3. The number of carbonyl (C=O) groups is 1. The topological polar surface area (TPSA) is 91.6 Å². The fourth-order valence-corrected chi connectivity index (χ4v) is 4.93. The summed E-state index contributed by atoms with van der Waals surface area (Å²) in [6, 6.07) is 6.09. The highest BCUT2D eigenvalue weighted by Gasteiger charge is 2.45. The highest BCUT2D eigenvalue weighted by molar-refractivity contribution is 7.14. The predicted molar refractivity (Wildman–Crippen MR) is 120 cm³/mol. The summed E-state index contributed by atoms with van der Waals surface area (Å²) in [5.41, 5.74) is -0.337. The number of carbonyl (C=O) groups excluding carboxylic acids is 1. The van der Waals surface area contributed by atoms with Gasteiger partial charge < -0.3 is 10.0 Å². The molecule has 1 aliphatic heterocycles. The van der Waals surface area contributed by atoms with Crippen LogP contribution in [0.2, 0.25) is 0 Å². The van der Waals surface area contributed by atoms with Crippen molar-refractivity contribution < 1.29 is 14.3 Å². The Balaban J connectivity index is 1.78. The van der Waals surface area contributed by atoms with Crippen LogP contribution in [0, 0.1) is 5.82 Å². The molecule has 32 heavy (non-hydrogen) atoms.